The number of halogens is 3. The molecule has 1 fully saturated rings. The first-order chi connectivity index (χ1) is 14.4. The Hall–Kier alpha value is -3.20. The van der Waals surface area contributed by atoms with E-state index in [0.29, 0.717) is 16.8 Å². The zero-order chi connectivity index (χ0) is 21.4. The van der Waals surface area contributed by atoms with Gasteiger partial charge in [-0.25, -0.2) is 22.6 Å². The van der Waals surface area contributed by atoms with E-state index in [1.165, 1.54) is 26.3 Å². The lowest BCUT2D eigenvalue weighted by Crippen LogP contribution is -2.25. The monoisotopic (exact) mass is 417 g/mol. The van der Waals surface area contributed by atoms with Crippen molar-refractivity contribution in [2.45, 2.75) is 31.8 Å². The molecule has 0 amide bonds. The van der Waals surface area contributed by atoms with Crippen LogP contribution in [0.1, 0.15) is 31.2 Å². The van der Waals surface area contributed by atoms with Crippen molar-refractivity contribution in [3.05, 3.63) is 59.7 Å². The highest BCUT2D eigenvalue weighted by molar-refractivity contribution is 5.78. The third-order valence-electron chi connectivity index (χ3n) is 4.87. The quantitative estimate of drug-likeness (QED) is 0.564. The molecule has 1 aliphatic carbocycles. The molecule has 0 radical (unpaired) electrons. The predicted octanol–water partition coefficient (Wildman–Crippen LogP) is 4.17. The van der Waals surface area contributed by atoms with Crippen LogP contribution in [0.15, 0.2) is 36.7 Å². The SMILES string of the molecule is COC(C)C(=O)Oc1nn(-c2cc(F)ccc2F)c(-c2cncc(F)c2)c1C1CC1. The van der Waals surface area contributed by atoms with Gasteiger partial charge in [-0.05, 0) is 43.9 Å². The third-order valence-corrected chi connectivity index (χ3v) is 4.87. The largest absolute Gasteiger partial charge is 0.404 e. The zero-order valence-electron chi connectivity index (χ0n) is 16.2. The molecule has 0 bridgehead atoms. The van der Waals surface area contributed by atoms with Gasteiger partial charge in [0.2, 0.25) is 5.88 Å². The molecule has 0 N–H and O–H groups in total. The van der Waals surface area contributed by atoms with Crippen LogP contribution in [0.25, 0.3) is 16.9 Å². The van der Waals surface area contributed by atoms with Crippen molar-refractivity contribution in [1.82, 2.24) is 14.8 Å². The average molecular weight is 417 g/mol. The van der Waals surface area contributed by atoms with Gasteiger partial charge < -0.3 is 9.47 Å². The van der Waals surface area contributed by atoms with Crippen LogP contribution in [-0.2, 0) is 9.53 Å². The zero-order valence-corrected chi connectivity index (χ0v) is 16.2. The summed E-state index contributed by atoms with van der Waals surface area (Å²) in [5.74, 6) is -2.77. The van der Waals surface area contributed by atoms with Crippen molar-refractivity contribution in [2.24, 2.45) is 0 Å². The molecular weight excluding hydrogens is 399 g/mol. The van der Waals surface area contributed by atoms with Crippen molar-refractivity contribution < 1.29 is 27.4 Å². The summed E-state index contributed by atoms with van der Waals surface area (Å²) < 4.78 is 53.9. The summed E-state index contributed by atoms with van der Waals surface area (Å²) in [5.41, 5.74) is 0.915. The van der Waals surface area contributed by atoms with Gasteiger partial charge in [-0.2, -0.15) is 0 Å². The number of methoxy groups -OCH3 is 1. The minimum atomic E-state index is -0.854. The number of ether oxygens (including phenoxy) is 2. The Balaban J connectivity index is 1.95. The first kappa shape index (κ1) is 20.1. The van der Waals surface area contributed by atoms with E-state index in [-0.39, 0.29) is 17.5 Å². The smallest absolute Gasteiger partial charge is 0.341 e. The Morgan fingerprint density at radius 1 is 1.17 bits per heavy atom. The van der Waals surface area contributed by atoms with E-state index < -0.39 is 29.5 Å². The number of carbonyl (C=O) groups excluding carboxylic acids is 1. The summed E-state index contributed by atoms with van der Waals surface area (Å²) >= 11 is 0. The normalized spacial score (nSPS) is 14.6. The molecule has 9 heteroatoms. The van der Waals surface area contributed by atoms with Crippen molar-refractivity contribution in [1.29, 1.82) is 0 Å². The lowest BCUT2D eigenvalue weighted by Gasteiger charge is -2.10. The van der Waals surface area contributed by atoms with E-state index in [2.05, 4.69) is 10.1 Å². The highest BCUT2D eigenvalue weighted by atomic mass is 19.1. The Morgan fingerprint density at radius 2 is 1.93 bits per heavy atom. The van der Waals surface area contributed by atoms with Gasteiger partial charge in [-0.15, -0.1) is 5.10 Å². The molecule has 156 valence electrons. The van der Waals surface area contributed by atoms with Crippen molar-refractivity contribution in [2.75, 3.05) is 7.11 Å². The summed E-state index contributed by atoms with van der Waals surface area (Å²) in [6.07, 6.45) is 3.15. The summed E-state index contributed by atoms with van der Waals surface area (Å²) in [4.78, 5) is 16.2. The van der Waals surface area contributed by atoms with Crippen LogP contribution in [0.4, 0.5) is 13.2 Å². The lowest BCUT2D eigenvalue weighted by molar-refractivity contribution is -0.144. The van der Waals surface area contributed by atoms with Crippen LogP contribution in [0.2, 0.25) is 0 Å². The fourth-order valence-electron chi connectivity index (χ4n) is 3.14. The summed E-state index contributed by atoms with van der Waals surface area (Å²) in [6, 6.07) is 4.13. The standard InChI is InChI=1S/C21H18F3N3O3/c1-11(29-2)21(28)30-20-18(12-3-4-12)19(13-7-15(23)10-25-9-13)27(26-20)17-8-14(22)5-6-16(17)24/h5-12H,3-4H2,1-2H3. The Morgan fingerprint density at radius 3 is 2.60 bits per heavy atom. The van der Waals surface area contributed by atoms with Gasteiger partial charge in [-0.1, -0.05) is 0 Å². The van der Waals surface area contributed by atoms with Gasteiger partial charge in [0.05, 0.1) is 11.9 Å². The van der Waals surface area contributed by atoms with E-state index in [1.54, 1.807) is 0 Å². The predicted molar refractivity (Wildman–Crippen MR) is 101 cm³/mol. The second-order valence-electron chi connectivity index (χ2n) is 7.04. The molecule has 1 aromatic carbocycles. The molecule has 2 aromatic heterocycles. The van der Waals surface area contributed by atoms with Crippen LogP contribution >= 0.6 is 0 Å². The van der Waals surface area contributed by atoms with Gasteiger partial charge in [0.25, 0.3) is 0 Å². The number of carbonyl (C=O) groups is 1. The molecule has 0 spiro atoms. The summed E-state index contributed by atoms with van der Waals surface area (Å²) in [7, 11) is 1.36. The van der Waals surface area contributed by atoms with Crippen LogP contribution in [0.3, 0.4) is 0 Å². The second-order valence-corrected chi connectivity index (χ2v) is 7.04. The lowest BCUT2D eigenvalue weighted by atomic mass is 10.1. The van der Waals surface area contributed by atoms with Gasteiger partial charge in [0, 0.05) is 30.5 Å². The maximum Gasteiger partial charge on any atom is 0.341 e. The molecule has 1 atom stereocenters. The van der Waals surface area contributed by atoms with Gasteiger partial charge in [0.15, 0.2) is 6.10 Å². The highest BCUT2D eigenvalue weighted by Gasteiger charge is 2.36. The number of pyridine rings is 1. The first-order valence-corrected chi connectivity index (χ1v) is 9.32. The molecule has 0 saturated heterocycles. The summed E-state index contributed by atoms with van der Waals surface area (Å²) in [6.45, 7) is 1.51. The average Bonchev–Trinajstić information content (AvgIpc) is 3.50. The van der Waals surface area contributed by atoms with Crippen molar-refractivity contribution in [3.8, 4) is 22.8 Å². The fourth-order valence-corrected chi connectivity index (χ4v) is 3.14. The minimum Gasteiger partial charge on any atom is -0.404 e. The minimum absolute atomic E-state index is 0.0192. The third kappa shape index (κ3) is 3.80. The number of hydrogen-bond acceptors (Lipinski definition) is 5. The van der Waals surface area contributed by atoms with Crippen LogP contribution in [0, 0.1) is 17.5 Å². The topological polar surface area (TPSA) is 66.2 Å². The Kier molecular flexibility index (Phi) is 5.29. The molecule has 0 aliphatic heterocycles. The van der Waals surface area contributed by atoms with E-state index in [4.69, 9.17) is 9.47 Å². The van der Waals surface area contributed by atoms with Gasteiger partial charge >= 0.3 is 5.97 Å². The highest BCUT2D eigenvalue weighted by Crippen LogP contribution is 2.49. The fraction of sp³-hybridized carbons (Fsp3) is 0.286. The molecular formula is C21H18F3N3O3. The molecule has 30 heavy (non-hydrogen) atoms. The Bertz CT molecular complexity index is 1110. The number of benzene rings is 1. The van der Waals surface area contributed by atoms with Crippen LogP contribution in [0.5, 0.6) is 5.88 Å². The molecule has 1 aliphatic rings. The molecule has 1 unspecified atom stereocenters. The number of rotatable bonds is 6. The molecule has 4 rings (SSSR count). The molecule has 3 aromatic rings. The molecule has 1 saturated carbocycles. The second kappa shape index (κ2) is 7.91. The maximum absolute atomic E-state index is 14.6. The van der Waals surface area contributed by atoms with E-state index in [0.717, 1.165) is 41.9 Å². The van der Waals surface area contributed by atoms with Crippen molar-refractivity contribution in [3.63, 3.8) is 0 Å². The van der Waals surface area contributed by atoms with Gasteiger partial charge in [0.1, 0.15) is 23.1 Å². The number of esters is 1. The van der Waals surface area contributed by atoms with Crippen LogP contribution in [-0.4, -0.2) is 33.9 Å². The van der Waals surface area contributed by atoms with E-state index >= 15 is 0 Å². The maximum atomic E-state index is 14.6. The molecule has 2 heterocycles. The number of hydrogen-bond donors (Lipinski definition) is 0. The Labute approximate surface area is 170 Å². The summed E-state index contributed by atoms with van der Waals surface area (Å²) in [5, 5.41) is 4.27. The van der Waals surface area contributed by atoms with E-state index in [1.807, 2.05) is 0 Å². The van der Waals surface area contributed by atoms with Gasteiger partial charge in [-0.3, -0.25) is 4.98 Å². The van der Waals surface area contributed by atoms with Crippen molar-refractivity contribution >= 4 is 5.97 Å². The number of aromatic nitrogens is 3. The molecule has 6 nitrogen and oxygen atoms in total. The van der Waals surface area contributed by atoms with E-state index in [9.17, 15) is 18.0 Å². The first-order valence-electron chi connectivity index (χ1n) is 9.32. The van der Waals surface area contributed by atoms with Crippen LogP contribution < -0.4 is 4.74 Å². The number of nitrogens with zero attached hydrogens (tertiary/aromatic N) is 3.